The summed E-state index contributed by atoms with van der Waals surface area (Å²) in [5.41, 5.74) is 0.840. The number of hydrogen-bond acceptors (Lipinski definition) is 2. The van der Waals surface area contributed by atoms with Crippen molar-refractivity contribution in [1.29, 1.82) is 0 Å². The lowest BCUT2D eigenvalue weighted by atomic mass is 10.0. The number of piperidine rings is 1. The maximum atomic E-state index is 12.0. The Bertz CT molecular complexity index is 422. The predicted molar refractivity (Wildman–Crippen MR) is 77.6 cm³/mol. The Balaban J connectivity index is 1.87. The average Bonchev–Trinajstić information content (AvgIpc) is 2.32. The maximum absolute atomic E-state index is 12.0. The third kappa shape index (κ3) is 3.82. The van der Waals surface area contributed by atoms with Gasteiger partial charge in [-0.25, -0.2) is 0 Å². The molecule has 1 amide bonds. The zero-order chi connectivity index (χ0) is 13.0. The van der Waals surface area contributed by atoms with E-state index in [1.807, 2.05) is 24.3 Å². The number of rotatable bonds is 3. The van der Waals surface area contributed by atoms with E-state index in [2.05, 4.69) is 33.1 Å². The lowest BCUT2D eigenvalue weighted by molar-refractivity contribution is -0.117. The Morgan fingerprint density at radius 3 is 3.00 bits per heavy atom. The van der Waals surface area contributed by atoms with Crippen molar-refractivity contribution in [3.05, 3.63) is 28.7 Å². The van der Waals surface area contributed by atoms with Gasteiger partial charge in [0.15, 0.2) is 0 Å². The first-order valence-electron chi connectivity index (χ1n) is 6.42. The third-order valence-corrected chi connectivity index (χ3v) is 3.95. The number of anilines is 1. The maximum Gasteiger partial charge on any atom is 0.238 e. The van der Waals surface area contributed by atoms with Crippen molar-refractivity contribution in [2.45, 2.75) is 19.8 Å². The zero-order valence-corrected chi connectivity index (χ0v) is 12.2. The number of amides is 1. The van der Waals surface area contributed by atoms with Crippen LogP contribution in [0.3, 0.4) is 0 Å². The number of likely N-dealkylation sites (tertiary alicyclic amines) is 1. The van der Waals surface area contributed by atoms with E-state index in [-0.39, 0.29) is 5.91 Å². The van der Waals surface area contributed by atoms with Crippen LogP contribution in [0.1, 0.15) is 19.8 Å². The molecule has 0 aromatic heterocycles. The van der Waals surface area contributed by atoms with Gasteiger partial charge in [-0.05, 0) is 53.4 Å². The van der Waals surface area contributed by atoms with Crippen molar-refractivity contribution in [3.63, 3.8) is 0 Å². The molecule has 1 N–H and O–H groups in total. The predicted octanol–water partition coefficient (Wildman–Crippen LogP) is 3.12. The van der Waals surface area contributed by atoms with Crippen LogP contribution in [0, 0.1) is 5.92 Å². The smallest absolute Gasteiger partial charge is 0.238 e. The van der Waals surface area contributed by atoms with Crippen LogP contribution in [0.25, 0.3) is 0 Å². The van der Waals surface area contributed by atoms with Crippen LogP contribution in [-0.2, 0) is 4.79 Å². The Labute approximate surface area is 117 Å². The number of hydrogen-bond donors (Lipinski definition) is 1. The summed E-state index contributed by atoms with van der Waals surface area (Å²) < 4.78 is 0.922. The number of nitrogens with one attached hydrogen (secondary N) is 1. The minimum absolute atomic E-state index is 0.0657. The molecule has 4 heteroatoms. The fraction of sp³-hybridized carbons (Fsp3) is 0.500. The van der Waals surface area contributed by atoms with E-state index in [0.717, 1.165) is 23.2 Å². The highest BCUT2D eigenvalue weighted by Crippen LogP contribution is 2.21. The summed E-state index contributed by atoms with van der Waals surface area (Å²) in [6.07, 6.45) is 2.48. The topological polar surface area (TPSA) is 32.3 Å². The molecule has 1 aliphatic heterocycles. The van der Waals surface area contributed by atoms with Gasteiger partial charge < -0.3 is 5.32 Å². The largest absolute Gasteiger partial charge is 0.324 e. The van der Waals surface area contributed by atoms with Crippen LogP contribution >= 0.6 is 15.9 Å². The van der Waals surface area contributed by atoms with Gasteiger partial charge in [-0.2, -0.15) is 0 Å². The van der Waals surface area contributed by atoms with E-state index in [9.17, 15) is 4.79 Å². The van der Waals surface area contributed by atoms with Crippen molar-refractivity contribution in [2.75, 3.05) is 25.0 Å². The van der Waals surface area contributed by atoms with Crippen LogP contribution in [0.15, 0.2) is 28.7 Å². The summed E-state index contributed by atoms with van der Waals surface area (Å²) in [5, 5.41) is 2.94. The van der Waals surface area contributed by atoms with Crippen molar-refractivity contribution < 1.29 is 4.79 Å². The van der Waals surface area contributed by atoms with Crippen molar-refractivity contribution in [1.82, 2.24) is 4.90 Å². The minimum atomic E-state index is 0.0657. The van der Waals surface area contributed by atoms with Crippen molar-refractivity contribution in [3.8, 4) is 0 Å². The first-order chi connectivity index (χ1) is 8.65. The highest BCUT2D eigenvalue weighted by Gasteiger charge is 2.18. The molecule has 1 heterocycles. The Hall–Kier alpha value is -0.870. The van der Waals surface area contributed by atoms with Gasteiger partial charge in [0, 0.05) is 11.0 Å². The third-order valence-electron chi connectivity index (χ3n) is 3.26. The highest BCUT2D eigenvalue weighted by atomic mass is 79.9. The van der Waals surface area contributed by atoms with Crippen LogP contribution in [0.2, 0.25) is 0 Å². The monoisotopic (exact) mass is 310 g/mol. The fourth-order valence-corrected chi connectivity index (χ4v) is 2.77. The Morgan fingerprint density at radius 1 is 1.50 bits per heavy atom. The zero-order valence-electron chi connectivity index (χ0n) is 10.7. The number of para-hydroxylation sites is 1. The molecule has 1 atom stereocenters. The lowest BCUT2D eigenvalue weighted by Gasteiger charge is -2.30. The fourth-order valence-electron chi connectivity index (χ4n) is 2.39. The summed E-state index contributed by atoms with van der Waals surface area (Å²) in [4.78, 5) is 14.2. The van der Waals surface area contributed by atoms with E-state index >= 15 is 0 Å². The van der Waals surface area contributed by atoms with Gasteiger partial charge in [-0.3, -0.25) is 9.69 Å². The molecular weight excluding hydrogens is 292 g/mol. The molecule has 1 saturated heterocycles. The first-order valence-corrected chi connectivity index (χ1v) is 7.21. The summed E-state index contributed by atoms with van der Waals surface area (Å²) in [7, 11) is 0. The number of carbonyl (C=O) groups excluding carboxylic acids is 1. The molecule has 98 valence electrons. The molecule has 0 spiro atoms. The van der Waals surface area contributed by atoms with Gasteiger partial charge in [-0.15, -0.1) is 0 Å². The van der Waals surface area contributed by atoms with E-state index in [1.165, 1.54) is 12.8 Å². The average molecular weight is 311 g/mol. The van der Waals surface area contributed by atoms with Gasteiger partial charge in [-0.1, -0.05) is 19.1 Å². The molecule has 0 radical (unpaired) electrons. The summed E-state index contributed by atoms with van der Waals surface area (Å²) in [6, 6.07) is 7.69. The number of benzene rings is 1. The van der Waals surface area contributed by atoms with E-state index < -0.39 is 0 Å². The molecule has 2 rings (SSSR count). The molecule has 3 nitrogen and oxygen atoms in total. The van der Waals surface area contributed by atoms with Gasteiger partial charge in [0.05, 0.1) is 12.2 Å². The second-order valence-electron chi connectivity index (χ2n) is 5.01. The molecule has 0 aliphatic carbocycles. The van der Waals surface area contributed by atoms with E-state index in [4.69, 9.17) is 0 Å². The van der Waals surface area contributed by atoms with Gasteiger partial charge in [0.1, 0.15) is 0 Å². The second kappa shape index (κ2) is 6.34. The quantitative estimate of drug-likeness (QED) is 0.930. The normalized spacial score (nSPS) is 20.7. The van der Waals surface area contributed by atoms with Crippen LogP contribution < -0.4 is 5.32 Å². The van der Waals surface area contributed by atoms with Crippen molar-refractivity contribution in [2.24, 2.45) is 5.92 Å². The van der Waals surface area contributed by atoms with Crippen LogP contribution in [0.5, 0.6) is 0 Å². The van der Waals surface area contributed by atoms with Crippen LogP contribution in [0.4, 0.5) is 5.69 Å². The Morgan fingerprint density at radius 2 is 2.28 bits per heavy atom. The van der Waals surface area contributed by atoms with Crippen LogP contribution in [-0.4, -0.2) is 30.4 Å². The molecule has 1 aromatic carbocycles. The molecule has 0 saturated carbocycles. The molecule has 1 aliphatic rings. The number of carbonyl (C=O) groups is 1. The van der Waals surface area contributed by atoms with Crippen molar-refractivity contribution >= 4 is 27.5 Å². The Kier molecular flexibility index (Phi) is 4.78. The number of halogens is 1. The second-order valence-corrected chi connectivity index (χ2v) is 5.86. The van der Waals surface area contributed by atoms with Gasteiger partial charge >= 0.3 is 0 Å². The SMILES string of the molecule is CC1CCCN(CC(=O)Nc2ccccc2Br)C1. The van der Waals surface area contributed by atoms with E-state index in [1.54, 1.807) is 0 Å². The molecule has 1 aromatic rings. The minimum Gasteiger partial charge on any atom is -0.324 e. The highest BCUT2D eigenvalue weighted by molar-refractivity contribution is 9.10. The summed E-state index contributed by atoms with van der Waals surface area (Å²) >= 11 is 3.43. The molecule has 1 unspecified atom stereocenters. The van der Waals surface area contributed by atoms with Gasteiger partial charge in [0.2, 0.25) is 5.91 Å². The molecule has 18 heavy (non-hydrogen) atoms. The lowest BCUT2D eigenvalue weighted by Crippen LogP contribution is -2.39. The number of nitrogens with zero attached hydrogens (tertiary/aromatic N) is 1. The molecule has 0 bridgehead atoms. The summed E-state index contributed by atoms with van der Waals surface area (Å²) in [5.74, 6) is 0.769. The van der Waals surface area contributed by atoms with E-state index in [0.29, 0.717) is 12.5 Å². The molecule has 1 fully saturated rings. The standard InChI is InChI=1S/C14H19BrN2O/c1-11-5-4-8-17(9-11)10-14(18)16-13-7-3-2-6-12(13)15/h2-3,6-7,11H,4-5,8-10H2,1H3,(H,16,18). The first kappa shape index (κ1) is 13.6. The van der Waals surface area contributed by atoms with Gasteiger partial charge in [0.25, 0.3) is 0 Å². The molecular formula is C14H19BrN2O. The summed E-state index contributed by atoms with van der Waals surface area (Å²) in [6.45, 7) is 4.81.